The fourth-order valence-electron chi connectivity index (χ4n) is 2.69. The molecule has 2 amide bonds. The fourth-order valence-corrected chi connectivity index (χ4v) is 2.96. The smallest absolute Gasteiger partial charge is 0.341 e. The lowest BCUT2D eigenvalue weighted by atomic mass is 10.1. The zero-order valence-corrected chi connectivity index (χ0v) is 16.1. The number of aliphatic carboxylic acids is 1. The molecule has 8 nitrogen and oxygen atoms in total. The predicted octanol–water partition coefficient (Wildman–Crippen LogP) is 2.66. The summed E-state index contributed by atoms with van der Waals surface area (Å²) in [6.45, 7) is 1.43. The van der Waals surface area contributed by atoms with Crippen LogP contribution in [0.4, 0.5) is 5.69 Å². The molecule has 0 bridgehead atoms. The number of halogens is 1. The molecule has 0 atom stereocenters. The van der Waals surface area contributed by atoms with E-state index >= 15 is 0 Å². The molecule has 1 saturated heterocycles. The summed E-state index contributed by atoms with van der Waals surface area (Å²) >= 11 is 6.21. The van der Waals surface area contributed by atoms with Gasteiger partial charge >= 0.3 is 5.97 Å². The molecule has 2 aromatic rings. The van der Waals surface area contributed by atoms with Crippen LogP contribution in [0.1, 0.15) is 12.5 Å². The maximum atomic E-state index is 12.7. The largest absolute Gasteiger partial charge is 0.490 e. The zero-order chi connectivity index (χ0) is 21.0. The van der Waals surface area contributed by atoms with Gasteiger partial charge in [0.1, 0.15) is 5.57 Å². The van der Waals surface area contributed by atoms with Crippen molar-refractivity contribution in [3.05, 3.63) is 58.6 Å². The second-order valence-corrected chi connectivity index (χ2v) is 6.33. The number of carboxylic acid groups (broad SMARTS) is 1. The van der Waals surface area contributed by atoms with Crippen molar-refractivity contribution in [2.24, 2.45) is 0 Å². The highest BCUT2D eigenvalue weighted by Crippen LogP contribution is 2.37. The molecule has 0 saturated carbocycles. The molecule has 0 radical (unpaired) electrons. The van der Waals surface area contributed by atoms with Gasteiger partial charge < -0.3 is 14.6 Å². The SMILES string of the molecule is CCOc1cc(/C=C2/C(=O)NN(c3ccccc3)C2=O)cc(Cl)c1OCC(=O)O. The number of rotatable bonds is 7. The van der Waals surface area contributed by atoms with Crippen LogP contribution in [0.25, 0.3) is 6.08 Å². The first-order chi connectivity index (χ1) is 13.9. The van der Waals surface area contributed by atoms with Crippen LogP contribution in [0.3, 0.4) is 0 Å². The number of carboxylic acids is 1. The molecule has 0 aromatic heterocycles. The number of para-hydroxylation sites is 1. The number of nitrogens with one attached hydrogen (secondary N) is 1. The molecule has 2 aromatic carbocycles. The standard InChI is InChI=1S/C20H17ClN2O6/c1-2-28-16-10-12(9-15(21)18(16)29-11-17(24)25)8-14-19(26)22-23(20(14)27)13-6-4-3-5-7-13/h3-10H,2,11H2,1H3,(H,22,26)(H,24,25)/b14-8-. The summed E-state index contributed by atoms with van der Waals surface area (Å²) in [6, 6.07) is 11.7. The Kier molecular flexibility index (Phi) is 6.04. The number of nitrogens with zero attached hydrogens (tertiary/aromatic N) is 1. The number of hydrogen-bond acceptors (Lipinski definition) is 5. The summed E-state index contributed by atoms with van der Waals surface area (Å²) in [5.74, 6) is -1.95. The van der Waals surface area contributed by atoms with Crippen molar-refractivity contribution in [3.8, 4) is 11.5 Å². The van der Waals surface area contributed by atoms with Gasteiger partial charge in [-0.25, -0.2) is 9.80 Å². The second kappa shape index (κ2) is 8.66. The average Bonchev–Trinajstić information content (AvgIpc) is 2.96. The third-order valence-corrected chi connectivity index (χ3v) is 4.17. The normalized spacial score (nSPS) is 14.8. The van der Waals surface area contributed by atoms with E-state index in [0.717, 1.165) is 5.01 Å². The van der Waals surface area contributed by atoms with Crippen molar-refractivity contribution in [2.45, 2.75) is 6.92 Å². The van der Waals surface area contributed by atoms with E-state index in [1.807, 2.05) is 0 Å². The Morgan fingerprint density at radius 2 is 1.93 bits per heavy atom. The van der Waals surface area contributed by atoms with Gasteiger partial charge in [0.2, 0.25) is 0 Å². The van der Waals surface area contributed by atoms with Crippen LogP contribution in [-0.2, 0) is 14.4 Å². The molecule has 1 aliphatic heterocycles. The molecular formula is C20H17ClN2O6. The minimum atomic E-state index is -1.16. The molecule has 0 aliphatic carbocycles. The second-order valence-electron chi connectivity index (χ2n) is 5.92. The van der Waals surface area contributed by atoms with Gasteiger partial charge in [-0.05, 0) is 42.8 Å². The quantitative estimate of drug-likeness (QED) is 0.531. The summed E-state index contributed by atoms with van der Waals surface area (Å²) in [5, 5.41) is 10.1. The molecular weight excluding hydrogens is 400 g/mol. The summed E-state index contributed by atoms with van der Waals surface area (Å²) in [5.41, 5.74) is 3.39. The van der Waals surface area contributed by atoms with Gasteiger partial charge in [-0.1, -0.05) is 29.8 Å². The first-order valence-electron chi connectivity index (χ1n) is 8.63. The van der Waals surface area contributed by atoms with Gasteiger partial charge in [0.15, 0.2) is 18.1 Å². The molecule has 1 aliphatic rings. The van der Waals surface area contributed by atoms with E-state index in [-0.39, 0.29) is 28.7 Å². The van der Waals surface area contributed by atoms with E-state index in [4.69, 9.17) is 26.2 Å². The Morgan fingerprint density at radius 3 is 2.59 bits per heavy atom. The topological polar surface area (TPSA) is 105 Å². The summed E-state index contributed by atoms with van der Waals surface area (Å²) in [6.07, 6.45) is 1.38. The van der Waals surface area contributed by atoms with E-state index in [1.165, 1.54) is 18.2 Å². The lowest BCUT2D eigenvalue weighted by Gasteiger charge is -2.14. The van der Waals surface area contributed by atoms with Crippen LogP contribution >= 0.6 is 11.6 Å². The minimum absolute atomic E-state index is 0.0752. The Hall–Kier alpha value is -3.52. The third-order valence-electron chi connectivity index (χ3n) is 3.89. The maximum Gasteiger partial charge on any atom is 0.341 e. The first-order valence-corrected chi connectivity index (χ1v) is 9.01. The van der Waals surface area contributed by atoms with Crippen molar-refractivity contribution in [3.63, 3.8) is 0 Å². The van der Waals surface area contributed by atoms with Crippen LogP contribution in [0.2, 0.25) is 5.02 Å². The number of amides is 2. The average molecular weight is 417 g/mol. The van der Waals surface area contributed by atoms with E-state index < -0.39 is 24.4 Å². The number of ether oxygens (including phenoxy) is 2. The summed E-state index contributed by atoms with van der Waals surface area (Å²) in [4.78, 5) is 35.8. The van der Waals surface area contributed by atoms with Crippen molar-refractivity contribution in [2.75, 3.05) is 18.2 Å². The van der Waals surface area contributed by atoms with Crippen LogP contribution in [0.15, 0.2) is 48.0 Å². The van der Waals surface area contributed by atoms with Gasteiger partial charge in [0, 0.05) is 0 Å². The molecule has 9 heteroatoms. The van der Waals surface area contributed by atoms with Crippen LogP contribution in [0, 0.1) is 0 Å². The van der Waals surface area contributed by atoms with Crippen LogP contribution < -0.4 is 19.9 Å². The molecule has 1 heterocycles. The maximum absolute atomic E-state index is 12.7. The van der Waals surface area contributed by atoms with E-state index in [0.29, 0.717) is 11.3 Å². The number of benzene rings is 2. The van der Waals surface area contributed by atoms with Gasteiger partial charge in [-0.15, -0.1) is 0 Å². The predicted molar refractivity (Wildman–Crippen MR) is 106 cm³/mol. The van der Waals surface area contributed by atoms with Crippen molar-refractivity contribution < 1.29 is 29.0 Å². The van der Waals surface area contributed by atoms with E-state index in [1.54, 1.807) is 37.3 Å². The number of anilines is 1. The lowest BCUT2D eigenvalue weighted by molar-refractivity contribution is -0.139. The van der Waals surface area contributed by atoms with Crippen LogP contribution in [0.5, 0.6) is 11.5 Å². The number of carbonyl (C=O) groups excluding carboxylic acids is 2. The molecule has 1 fully saturated rings. The van der Waals surface area contributed by atoms with E-state index in [9.17, 15) is 14.4 Å². The highest BCUT2D eigenvalue weighted by Gasteiger charge is 2.34. The Balaban J connectivity index is 1.94. The Morgan fingerprint density at radius 1 is 1.21 bits per heavy atom. The van der Waals surface area contributed by atoms with Gasteiger partial charge in [0.05, 0.1) is 17.3 Å². The van der Waals surface area contributed by atoms with Crippen molar-refractivity contribution in [1.29, 1.82) is 0 Å². The van der Waals surface area contributed by atoms with Crippen molar-refractivity contribution >= 4 is 41.1 Å². The van der Waals surface area contributed by atoms with Gasteiger partial charge in [0.25, 0.3) is 11.8 Å². The number of hydrogen-bond donors (Lipinski definition) is 2. The first kappa shape index (κ1) is 20.2. The zero-order valence-electron chi connectivity index (χ0n) is 15.3. The highest BCUT2D eigenvalue weighted by atomic mass is 35.5. The molecule has 0 spiro atoms. The molecule has 2 N–H and O–H groups in total. The third kappa shape index (κ3) is 4.49. The molecule has 29 heavy (non-hydrogen) atoms. The highest BCUT2D eigenvalue weighted by molar-refractivity contribution is 6.33. The van der Waals surface area contributed by atoms with Gasteiger partial charge in [-0.3, -0.25) is 15.0 Å². The summed E-state index contributed by atoms with van der Waals surface area (Å²) < 4.78 is 10.7. The van der Waals surface area contributed by atoms with Crippen LogP contribution in [-0.4, -0.2) is 36.1 Å². The molecule has 3 rings (SSSR count). The Labute approximate surface area is 171 Å². The molecule has 0 unspecified atom stereocenters. The Bertz CT molecular complexity index is 990. The lowest BCUT2D eigenvalue weighted by Crippen LogP contribution is -2.35. The van der Waals surface area contributed by atoms with Gasteiger partial charge in [-0.2, -0.15) is 0 Å². The monoisotopic (exact) mass is 416 g/mol. The number of hydrazine groups is 1. The molecule has 150 valence electrons. The minimum Gasteiger partial charge on any atom is -0.490 e. The van der Waals surface area contributed by atoms with E-state index in [2.05, 4.69) is 5.43 Å². The fraction of sp³-hybridized carbons (Fsp3) is 0.150. The van der Waals surface area contributed by atoms with Crippen molar-refractivity contribution in [1.82, 2.24) is 5.43 Å². The summed E-state index contributed by atoms with van der Waals surface area (Å²) in [7, 11) is 0. The number of carbonyl (C=O) groups is 3.